The number of hydrogen-bond acceptors (Lipinski definition) is 2. The molecule has 0 spiro atoms. The molecule has 0 saturated carbocycles. The lowest BCUT2D eigenvalue weighted by Crippen LogP contribution is -2.38. The Balaban J connectivity index is 2.84. The van der Waals surface area contributed by atoms with Crippen molar-refractivity contribution in [3.63, 3.8) is 0 Å². The van der Waals surface area contributed by atoms with Gasteiger partial charge in [0.2, 0.25) is 5.91 Å². The first-order chi connectivity index (χ1) is 8.32. The molecule has 0 fully saturated rings. The standard InChI is InChI=1S/C13H17FN2O2/c1-9-7-10(14)5-6-11(9)13(18)16(4)8-12(17)15(2)3/h5-7H,8H2,1-4H3. The van der Waals surface area contributed by atoms with Gasteiger partial charge in [0.15, 0.2) is 0 Å². The Morgan fingerprint density at radius 3 is 2.33 bits per heavy atom. The van der Waals surface area contributed by atoms with E-state index >= 15 is 0 Å². The molecule has 98 valence electrons. The van der Waals surface area contributed by atoms with Crippen LogP contribution in [0.1, 0.15) is 15.9 Å². The maximum Gasteiger partial charge on any atom is 0.254 e. The molecule has 0 bridgehead atoms. The zero-order chi connectivity index (χ0) is 13.9. The van der Waals surface area contributed by atoms with Gasteiger partial charge in [-0.3, -0.25) is 9.59 Å². The van der Waals surface area contributed by atoms with Crippen molar-refractivity contribution in [2.24, 2.45) is 0 Å². The number of rotatable bonds is 3. The smallest absolute Gasteiger partial charge is 0.254 e. The van der Waals surface area contributed by atoms with Gasteiger partial charge >= 0.3 is 0 Å². The molecule has 0 radical (unpaired) electrons. The Morgan fingerprint density at radius 2 is 1.83 bits per heavy atom. The predicted molar refractivity (Wildman–Crippen MR) is 66.8 cm³/mol. The fourth-order valence-corrected chi connectivity index (χ4v) is 1.49. The van der Waals surface area contributed by atoms with E-state index in [4.69, 9.17) is 0 Å². The highest BCUT2D eigenvalue weighted by Crippen LogP contribution is 2.12. The van der Waals surface area contributed by atoms with Gasteiger partial charge in [0, 0.05) is 26.7 Å². The van der Waals surface area contributed by atoms with Gasteiger partial charge in [-0.1, -0.05) is 0 Å². The fourth-order valence-electron chi connectivity index (χ4n) is 1.49. The minimum absolute atomic E-state index is 0.00263. The van der Waals surface area contributed by atoms with E-state index in [-0.39, 0.29) is 24.2 Å². The second kappa shape index (κ2) is 5.62. The number of aryl methyl sites for hydroxylation is 1. The van der Waals surface area contributed by atoms with Crippen LogP contribution in [0, 0.1) is 12.7 Å². The molecule has 0 N–H and O–H groups in total. The quantitative estimate of drug-likeness (QED) is 0.813. The molecular formula is C13H17FN2O2. The molecule has 18 heavy (non-hydrogen) atoms. The zero-order valence-corrected chi connectivity index (χ0v) is 11.0. The topological polar surface area (TPSA) is 40.6 Å². The molecule has 0 atom stereocenters. The molecule has 0 aliphatic carbocycles. The molecule has 0 aliphatic rings. The molecule has 0 unspecified atom stereocenters. The third-order valence-corrected chi connectivity index (χ3v) is 2.64. The van der Waals surface area contributed by atoms with Crippen molar-refractivity contribution in [2.45, 2.75) is 6.92 Å². The maximum absolute atomic E-state index is 12.9. The highest BCUT2D eigenvalue weighted by molar-refractivity contribution is 5.97. The van der Waals surface area contributed by atoms with E-state index in [1.165, 1.54) is 28.0 Å². The summed E-state index contributed by atoms with van der Waals surface area (Å²) in [5.74, 6) is -0.829. The lowest BCUT2D eigenvalue weighted by molar-refractivity contribution is -0.129. The van der Waals surface area contributed by atoms with Crippen molar-refractivity contribution in [1.82, 2.24) is 9.80 Å². The zero-order valence-electron chi connectivity index (χ0n) is 11.0. The van der Waals surface area contributed by atoms with Crippen molar-refractivity contribution >= 4 is 11.8 Å². The van der Waals surface area contributed by atoms with E-state index in [1.54, 1.807) is 28.1 Å². The monoisotopic (exact) mass is 252 g/mol. The Kier molecular flexibility index (Phi) is 4.42. The van der Waals surface area contributed by atoms with Gasteiger partial charge in [0.1, 0.15) is 5.82 Å². The Labute approximate surface area is 106 Å². The van der Waals surface area contributed by atoms with Crippen LogP contribution in [0.4, 0.5) is 4.39 Å². The number of halogens is 1. The molecule has 0 aromatic heterocycles. The highest BCUT2D eigenvalue weighted by atomic mass is 19.1. The van der Waals surface area contributed by atoms with Gasteiger partial charge in [0.25, 0.3) is 5.91 Å². The molecule has 0 saturated heterocycles. The number of hydrogen-bond donors (Lipinski definition) is 0. The van der Waals surface area contributed by atoms with Crippen LogP contribution in [-0.2, 0) is 4.79 Å². The van der Waals surface area contributed by atoms with Crippen LogP contribution in [0.2, 0.25) is 0 Å². The Morgan fingerprint density at radius 1 is 1.22 bits per heavy atom. The number of nitrogens with zero attached hydrogens (tertiary/aromatic N) is 2. The number of amides is 2. The van der Waals surface area contributed by atoms with Gasteiger partial charge in [0.05, 0.1) is 6.54 Å². The SMILES string of the molecule is Cc1cc(F)ccc1C(=O)N(C)CC(=O)N(C)C. The number of likely N-dealkylation sites (N-methyl/N-ethyl adjacent to an activating group) is 2. The molecule has 5 heteroatoms. The summed E-state index contributed by atoms with van der Waals surface area (Å²) in [5.41, 5.74) is 0.967. The normalized spacial score (nSPS) is 10.1. The number of benzene rings is 1. The highest BCUT2D eigenvalue weighted by Gasteiger charge is 2.17. The van der Waals surface area contributed by atoms with Crippen molar-refractivity contribution < 1.29 is 14.0 Å². The van der Waals surface area contributed by atoms with Gasteiger partial charge in [-0.05, 0) is 30.7 Å². The summed E-state index contributed by atoms with van der Waals surface area (Å²) in [5, 5.41) is 0. The summed E-state index contributed by atoms with van der Waals surface area (Å²) < 4.78 is 12.9. The molecule has 1 aromatic carbocycles. The van der Waals surface area contributed by atoms with Crippen LogP contribution >= 0.6 is 0 Å². The van der Waals surface area contributed by atoms with Gasteiger partial charge in [-0.2, -0.15) is 0 Å². The van der Waals surface area contributed by atoms with Crippen LogP contribution < -0.4 is 0 Å². The summed E-state index contributed by atoms with van der Waals surface area (Å²) in [4.78, 5) is 26.3. The summed E-state index contributed by atoms with van der Waals surface area (Å²) in [7, 11) is 4.81. The second-order valence-corrected chi connectivity index (χ2v) is 4.41. The van der Waals surface area contributed by atoms with Crippen LogP contribution in [0.5, 0.6) is 0 Å². The average Bonchev–Trinajstić information content (AvgIpc) is 2.27. The van der Waals surface area contributed by atoms with E-state index in [9.17, 15) is 14.0 Å². The maximum atomic E-state index is 12.9. The molecule has 1 rings (SSSR count). The van der Waals surface area contributed by atoms with Crippen LogP contribution in [0.15, 0.2) is 18.2 Å². The minimum atomic E-state index is -0.379. The van der Waals surface area contributed by atoms with Crippen LogP contribution in [-0.4, -0.2) is 49.3 Å². The number of carbonyl (C=O) groups is 2. The Hall–Kier alpha value is -1.91. The van der Waals surface area contributed by atoms with Crippen molar-refractivity contribution in [1.29, 1.82) is 0 Å². The first-order valence-corrected chi connectivity index (χ1v) is 5.54. The molecular weight excluding hydrogens is 235 g/mol. The van der Waals surface area contributed by atoms with Gasteiger partial charge < -0.3 is 9.80 Å². The first-order valence-electron chi connectivity index (χ1n) is 5.54. The van der Waals surface area contributed by atoms with Crippen molar-refractivity contribution in [3.8, 4) is 0 Å². The lowest BCUT2D eigenvalue weighted by atomic mass is 10.1. The molecule has 0 aliphatic heterocycles. The van der Waals surface area contributed by atoms with Crippen molar-refractivity contribution in [3.05, 3.63) is 35.1 Å². The summed E-state index contributed by atoms with van der Waals surface area (Å²) in [6.45, 7) is 1.67. The summed E-state index contributed by atoms with van der Waals surface area (Å²) in [6.07, 6.45) is 0. The summed E-state index contributed by atoms with van der Waals surface area (Å²) >= 11 is 0. The third kappa shape index (κ3) is 3.29. The van der Waals surface area contributed by atoms with Gasteiger partial charge in [-0.15, -0.1) is 0 Å². The van der Waals surface area contributed by atoms with Crippen LogP contribution in [0.25, 0.3) is 0 Å². The number of carbonyl (C=O) groups excluding carboxylic acids is 2. The largest absolute Gasteiger partial charge is 0.347 e. The predicted octanol–water partition coefficient (Wildman–Crippen LogP) is 1.29. The van der Waals surface area contributed by atoms with E-state index in [1.807, 2.05) is 0 Å². The first kappa shape index (κ1) is 14.2. The van der Waals surface area contributed by atoms with E-state index in [0.717, 1.165) is 0 Å². The molecule has 0 heterocycles. The van der Waals surface area contributed by atoms with Crippen molar-refractivity contribution in [2.75, 3.05) is 27.7 Å². The van der Waals surface area contributed by atoms with E-state index < -0.39 is 0 Å². The summed E-state index contributed by atoms with van der Waals surface area (Å²) in [6, 6.07) is 3.97. The third-order valence-electron chi connectivity index (χ3n) is 2.64. The lowest BCUT2D eigenvalue weighted by Gasteiger charge is -2.20. The van der Waals surface area contributed by atoms with E-state index in [0.29, 0.717) is 11.1 Å². The minimum Gasteiger partial charge on any atom is -0.347 e. The Bertz CT molecular complexity index is 472. The second-order valence-electron chi connectivity index (χ2n) is 4.41. The molecule has 4 nitrogen and oxygen atoms in total. The average molecular weight is 252 g/mol. The van der Waals surface area contributed by atoms with E-state index in [2.05, 4.69) is 0 Å². The van der Waals surface area contributed by atoms with Crippen LogP contribution in [0.3, 0.4) is 0 Å². The molecule has 2 amide bonds. The fraction of sp³-hybridized carbons (Fsp3) is 0.385. The molecule has 1 aromatic rings. The van der Waals surface area contributed by atoms with Gasteiger partial charge in [-0.25, -0.2) is 4.39 Å².